The molecule has 0 N–H and O–H groups in total. The number of likely N-dealkylation sites (tertiary alicyclic amines) is 1. The van der Waals surface area contributed by atoms with E-state index in [2.05, 4.69) is 13.2 Å². The first-order valence-electron chi connectivity index (χ1n) is 8.40. The molecule has 1 aromatic rings. The first kappa shape index (κ1) is 20.4. The maximum Gasteiger partial charge on any atom is 0.255 e. The Labute approximate surface area is 164 Å². The van der Waals surface area contributed by atoms with Crippen molar-refractivity contribution in [3.63, 3.8) is 0 Å². The molecule has 2 rings (SSSR count). The second kappa shape index (κ2) is 9.70. The van der Waals surface area contributed by atoms with Gasteiger partial charge in [0.15, 0.2) is 0 Å². The van der Waals surface area contributed by atoms with Crippen molar-refractivity contribution in [3.8, 4) is 5.75 Å². The number of piperidine rings is 1. The molecule has 1 aliphatic heterocycles. The summed E-state index contributed by atoms with van der Waals surface area (Å²) >= 11 is 12.3. The molecule has 6 heteroatoms. The molecule has 1 amide bonds. The number of hydrogen-bond donors (Lipinski definition) is 0. The summed E-state index contributed by atoms with van der Waals surface area (Å²) in [7, 11) is 1.51. The molecule has 0 spiro atoms. The van der Waals surface area contributed by atoms with E-state index in [9.17, 15) is 4.79 Å². The molecule has 1 saturated heterocycles. The number of carbonyl (C=O) groups is 1. The lowest BCUT2D eigenvalue weighted by Crippen LogP contribution is -2.41. The second-order valence-electron chi connectivity index (χ2n) is 6.05. The third-order valence-electron chi connectivity index (χ3n) is 4.25. The van der Waals surface area contributed by atoms with Crippen LogP contribution in [-0.2, 0) is 4.74 Å². The fourth-order valence-electron chi connectivity index (χ4n) is 2.91. The van der Waals surface area contributed by atoms with E-state index in [1.165, 1.54) is 13.2 Å². The summed E-state index contributed by atoms with van der Waals surface area (Å²) in [5, 5.41) is 0.701. The summed E-state index contributed by atoms with van der Waals surface area (Å²) in [5.74, 6) is 1.23. The summed E-state index contributed by atoms with van der Waals surface area (Å²) < 4.78 is 10.9. The number of halogens is 2. The molecule has 0 radical (unpaired) electrons. The molecule has 1 fully saturated rings. The number of hydrogen-bond acceptors (Lipinski definition) is 3. The molecule has 4 nitrogen and oxygen atoms in total. The highest BCUT2D eigenvalue weighted by molar-refractivity contribution is 6.37. The SMILES string of the molecule is C=C/C=C(\C=C)OCC1CCCN(C(=O)c2cc(OC)c(Cl)cc2Cl)C1. The zero-order valence-corrected chi connectivity index (χ0v) is 16.4. The molecule has 0 aromatic heterocycles. The number of methoxy groups -OCH3 is 1. The van der Waals surface area contributed by atoms with E-state index in [4.69, 9.17) is 32.7 Å². The van der Waals surface area contributed by atoms with Gasteiger partial charge in [-0.1, -0.05) is 42.4 Å². The van der Waals surface area contributed by atoms with Crippen LogP contribution in [0.1, 0.15) is 23.2 Å². The Morgan fingerprint density at radius 2 is 2.12 bits per heavy atom. The summed E-state index contributed by atoms with van der Waals surface area (Å²) in [6.07, 6.45) is 6.98. The van der Waals surface area contributed by atoms with Gasteiger partial charge in [-0.05, 0) is 37.1 Å². The number of amides is 1. The summed E-state index contributed by atoms with van der Waals surface area (Å²) in [6.45, 7) is 9.19. The Kier molecular flexibility index (Phi) is 7.61. The first-order valence-corrected chi connectivity index (χ1v) is 9.16. The first-order chi connectivity index (χ1) is 12.5. The highest BCUT2D eigenvalue weighted by atomic mass is 35.5. The van der Waals surface area contributed by atoms with Gasteiger partial charge in [0.1, 0.15) is 11.5 Å². The smallest absolute Gasteiger partial charge is 0.255 e. The van der Waals surface area contributed by atoms with E-state index in [1.54, 1.807) is 29.2 Å². The van der Waals surface area contributed by atoms with Crippen molar-refractivity contribution in [1.29, 1.82) is 0 Å². The maximum absolute atomic E-state index is 12.9. The van der Waals surface area contributed by atoms with Gasteiger partial charge in [-0.3, -0.25) is 4.79 Å². The predicted octanol–water partition coefficient (Wildman–Crippen LogP) is 5.13. The Hall–Kier alpha value is -1.91. The highest BCUT2D eigenvalue weighted by Gasteiger charge is 2.27. The van der Waals surface area contributed by atoms with Gasteiger partial charge in [-0.2, -0.15) is 0 Å². The van der Waals surface area contributed by atoms with Crippen molar-refractivity contribution in [2.75, 3.05) is 26.8 Å². The van der Waals surface area contributed by atoms with E-state index in [1.807, 2.05) is 0 Å². The third kappa shape index (κ3) is 5.05. The van der Waals surface area contributed by atoms with Gasteiger partial charge in [0.25, 0.3) is 5.91 Å². The van der Waals surface area contributed by atoms with Gasteiger partial charge in [0.05, 0.1) is 29.3 Å². The summed E-state index contributed by atoms with van der Waals surface area (Å²) in [6, 6.07) is 3.13. The van der Waals surface area contributed by atoms with Crippen LogP contribution in [0.5, 0.6) is 5.75 Å². The van der Waals surface area contributed by atoms with E-state index in [0.29, 0.717) is 46.8 Å². The Balaban J connectivity index is 2.07. The van der Waals surface area contributed by atoms with Crippen LogP contribution in [-0.4, -0.2) is 37.6 Å². The fraction of sp³-hybridized carbons (Fsp3) is 0.350. The second-order valence-corrected chi connectivity index (χ2v) is 6.86. The molecule has 0 bridgehead atoms. The number of carbonyl (C=O) groups excluding carboxylic acids is 1. The summed E-state index contributed by atoms with van der Waals surface area (Å²) in [4.78, 5) is 14.7. The van der Waals surface area contributed by atoms with Gasteiger partial charge in [0.2, 0.25) is 0 Å². The monoisotopic (exact) mass is 395 g/mol. The lowest BCUT2D eigenvalue weighted by molar-refractivity contribution is 0.0593. The van der Waals surface area contributed by atoms with Gasteiger partial charge < -0.3 is 14.4 Å². The van der Waals surface area contributed by atoms with Gasteiger partial charge >= 0.3 is 0 Å². The zero-order chi connectivity index (χ0) is 19.1. The standard InChI is InChI=1S/C20H23Cl2NO3/c1-4-7-15(5-2)26-13-14-8-6-9-23(12-14)20(24)16-10-19(25-3)18(22)11-17(16)21/h4-5,7,10-11,14H,1-2,6,8-9,12-13H2,3H3/b15-7+. The Morgan fingerprint density at radius 1 is 1.35 bits per heavy atom. The van der Waals surface area contributed by atoms with Crippen LogP contribution in [0.4, 0.5) is 0 Å². The minimum atomic E-state index is -0.125. The number of rotatable bonds is 7. The minimum absolute atomic E-state index is 0.125. The van der Waals surface area contributed by atoms with Crippen molar-refractivity contribution >= 4 is 29.1 Å². The molecule has 0 saturated carbocycles. The van der Waals surface area contributed by atoms with Gasteiger partial charge in [0, 0.05) is 19.0 Å². The van der Waals surface area contributed by atoms with Crippen molar-refractivity contribution in [2.45, 2.75) is 12.8 Å². The number of ether oxygens (including phenoxy) is 2. The van der Waals surface area contributed by atoms with Gasteiger partial charge in [-0.25, -0.2) is 0 Å². The quantitative estimate of drug-likeness (QED) is 0.474. The van der Waals surface area contributed by atoms with Crippen LogP contribution in [0.25, 0.3) is 0 Å². The molecular formula is C20H23Cl2NO3. The Morgan fingerprint density at radius 3 is 2.77 bits per heavy atom. The van der Waals surface area contributed by atoms with Crippen LogP contribution in [0.15, 0.2) is 49.3 Å². The number of nitrogens with zero attached hydrogens (tertiary/aromatic N) is 1. The molecule has 26 heavy (non-hydrogen) atoms. The van der Waals surface area contributed by atoms with E-state index < -0.39 is 0 Å². The number of allylic oxidation sites excluding steroid dienone is 3. The van der Waals surface area contributed by atoms with Crippen LogP contribution in [0.3, 0.4) is 0 Å². The van der Waals surface area contributed by atoms with E-state index >= 15 is 0 Å². The summed E-state index contributed by atoms with van der Waals surface area (Å²) in [5.41, 5.74) is 0.396. The molecular weight excluding hydrogens is 373 g/mol. The molecule has 1 aliphatic rings. The fourth-order valence-corrected chi connectivity index (χ4v) is 3.45. The minimum Gasteiger partial charge on any atom is -0.495 e. The zero-order valence-electron chi connectivity index (χ0n) is 14.8. The molecule has 0 aliphatic carbocycles. The van der Waals surface area contributed by atoms with Crippen LogP contribution >= 0.6 is 23.2 Å². The third-order valence-corrected chi connectivity index (χ3v) is 4.86. The van der Waals surface area contributed by atoms with Crippen LogP contribution < -0.4 is 4.74 Å². The Bertz CT molecular complexity index is 715. The molecule has 140 valence electrons. The van der Waals surface area contributed by atoms with Crippen LogP contribution in [0, 0.1) is 5.92 Å². The van der Waals surface area contributed by atoms with Gasteiger partial charge in [-0.15, -0.1) is 0 Å². The maximum atomic E-state index is 12.9. The van der Waals surface area contributed by atoms with Crippen LogP contribution in [0.2, 0.25) is 10.0 Å². The lowest BCUT2D eigenvalue weighted by Gasteiger charge is -2.33. The van der Waals surface area contributed by atoms with Crippen molar-refractivity contribution < 1.29 is 14.3 Å². The molecule has 1 aromatic carbocycles. The molecule has 1 atom stereocenters. The highest BCUT2D eigenvalue weighted by Crippen LogP contribution is 2.32. The topological polar surface area (TPSA) is 38.8 Å². The predicted molar refractivity (Wildman–Crippen MR) is 106 cm³/mol. The van der Waals surface area contributed by atoms with Crippen molar-refractivity contribution in [3.05, 3.63) is 64.9 Å². The van der Waals surface area contributed by atoms with Crippen molar-refractivity contribution in [1.82, 2.24) is 4.90 Å². The van der Waals surface area contributed by atoms with Crippen molar-refractivity contribution in [2.24, 2.45) is 5.92 Å². The van der Waals surface area contributed by atoms with E-state index in [-0.39, 0.29) is 11.8 Å². The molecule has 1 heterocycles. The van der Waals surface area contributed by atoms with E-state index in [0.717, 1.165) is 12.8 Å². The lowest BCUT2D eigenvalue weighted by atomic mass is 9.98. The average Bonchev–Trinajstić information content (AvgIpc) is 2.65. The average molecular weight is 396 g/mol. The largest absolute Gasteiger partial charge is 0.495 e. The number of benzene rings is 1. The molecule has 1 unspecified atom stereocenters. The normalized spacial score (nSPS) is 17.6.